The molecule has 0 aromatic carbocycles. The Labute approximate surface area is 104 Å². The molecule has 2 heterocycles. The predicted octanol–water partition coefficient (Wildman–Crippen LogP) is 0.930. The molecule has 0 saturated carbocycles. The molecule has 4 nitrogen and oxygen atoms in total. The van der Waals surface area contributed by atoms with Gasteiger partial charge in [-0.25, -0.2) is 0 Å². The Morgan fingerprint density at radius 3 is 2.94 bits per heavy atom. The molecule has 1 aliphatic heterocycles. The molecule has 0 atom stereocenters. The topological polar surface area (TPSA) is 29.4 Å². The Balaban J connectivity index is 1.62. The van der Waals surface area contributed by atoms with Crippen LogP contribution in [0.4, 0.5) is 0 Å². The molecule has 1 aliphatic rings. The van der Waals surface area contributed by atoms with Crippen LogP contribution >= 0.6 is 0 Å². The van der Waals surface area contributed by atoms with E-state index < -0.39 is 0 Å². The first kappa shape index (κ1) is 12.6. The van der Waals surface area contributed by atoms with Crippen molar-refractivity contribution >= 4 is 0 Å². The van der Waals surface area contributed by atoms with E-state index in [1.807, 2.05) is 0 Å². The van der Waals surface area contributed by atoms with Crippen molar-refractivity contribution in [2.75, 3.05) is 39.4 Å². The van der Waals surface area contributed by atoms with E-state index >= 15 is 0 Å². The van der Waals surface area contributed by atoms with Crippen LogP contribution in [0.2, 0.25) is 0 Å². The van der Waals surface area contributed by atoms with Gasteiger partial charge < -0.3 is 14.6 Å². The average Bonchev–Trinajstić information content (AvgIpc) is 2.83. The number of aromatic nitrogens is 1. The fourth-order valence-electron chi connectivity index (χ4n) is 2.20. The van der Waals surface area contributed by atoms with Gasteiger partial charge in [-0.05, 0) is 19.1 Å². The summed E-state index contributed by atoms with van der Waals surface area (Å²) in [5.41, 5.74) is 1.37. The zero-order valence-corrected chi connectivity index (χ0v) is 10.7. The van der Waals surface area contributed by atoms with Crippen molar-refractivity contribution in [3.05, 3.63) is 24.0 Å². The largest absolute Gasteiger partial charge is 0.379 e. The van der Waals surface area contributed by atoms with Gasteiger partial charge in [-0.3, -0.25) is 4.90 Å². The predicted molar refractivity (Wildman–Crippen MR) is 69.1 cm³/mol. The normalized spacial score (nSPS) is 17.5. The number of rotatable bonds is 6. The van der Waals surface area contributed by atoms with E-state index in [0.29, 0.717) is 0 Å². The van der Waals surface area contributed by atoms with Crippen LogP contribution in [0.1, 0.15) is 12.6 Å². The van der Waals surface area contributed by atoms with Crippen molar-refractivity contribution in [3.8, 4) is 0 Å². The highest BCUT2D eigenvalue weighted by Gasteiger charge is 2.09. The molecule has 1 aromatic heterocycles. The van der Waals surface area contributed by atoms with Gasteiger partial charge in [0, 0.05) is 51.2 Å². The van der Waals surface area contributed by atoms with Gasteiger partial charge in [0.2, 0.25) is 0 Å². The lowest BCUT2D eigenvalue weighted by Crippen LogP contribution is -2.40. The maximum absolute atomic E-state index is 5.33. The molecule has 2 rings (SSSR count). The van der Waals surface area contributed by atoms with Crippen LogP contribution < -0.4 is 5.32 Å². The van der Waals surface area contributed by atoms with E-state index in [4.69, 9.17) is 4.74 Å². The number of ether oxygens (including phenoxy) is 1. The van der Waals surface area contributed by atoms with Crippen molar-refractivity contribution in [2.24, 2.45) is 0 Å². The number of nitrogens with zero attached hydrogens (tertiary/aromatic N) is 2. The third kappa shape index (κ3) is 3.84. The summed E-state index contributed by atoms with van der Waals surface area (Å²) >= 11 is 0. The first-order valence-corrected chi connectivity index (χ1v) is 6.55. The molecule has 0 spiro atoms. The van der Waals surface area contributed by atoms with Crippen molar-refractivity contribution < 1.29 is 4.74 Å². The summed E-state index contributed by atoms with van der Waals surface area (Å²) in [5, 5.41) is 3.51. The molecule has 0 radical (unpaired) electrons. The summed E-state index contributed by atoms with van der Waals surface area (Å²) in [4.78, 5) is 2.45. The Morgan fingerprint density at radius 2 is 2.18 bits per heavy atom. The van der Waals surface area contributed by atoms with Gasteiger partial charge in [-0.2, -0.15) is 0 Å². The standard InChI is InChI=1S/C13H23N3O/c1-2-16-6-3-4-13(16)12-14-5-7-15-8-10-17-11-9-15/h3-4,6,14H,2,5,7-12H2,1H3. The lowest BCUT2D eigenvalue weighted by molar-refractivity contribution is 0.0384. The van der Waals surface area contributed by atoms with Crippen molar-refractivity contribution in [3.63, 3.8) is 0 Å². The minimum absolute atomic E-state index is 0.888. The molecule has 17 heavy (non-hydrogen) atoms. The monoisotopic (exact) mass is 237 g/mol. The molecule has 0 amide bonds. The van der Waals surface area contributed by atoms with Crippen LogP contribution in [-0.2, 0) is 17.8 Å². The fourth-order valence-corrected chi connectivity index (χ4v) is 2.20. The molecule has 1 aromatic rings. The van der Waals surface area contributed by atoms with E-state index in [0.717, 1.165) is 52.5 Å². The zero-order chi connectivity index (χ0) is 11.9. The quantitative estimate of drug-likeness (QED) is 0.746. The molecular formula is C13H23N3O. The number of aryl methyl sites for hydroxylation is 1. The second kappa shape index (κ2) is 6.79. The highest BCUT2D eigenvalue weighted by molar-refractivity contribution is 5.06. The van der Waals surface area contributed by atoms with Gasteiger partial charge in [0.1, 0.15) is 0 Å². The van der Waals surface area contributed by atoms with Crippen molar-refractivity contribution in [2.45, 2.75) is 20.0 Å². The van der Waals surface area contributed by atoms with Crippen molar-refractivity contribution in [1.29, 1.82) is 0 Å². The minimum atomic E-state index is 0.888. The molecule has 1 fully saturated rings. The van der Waals surface area contributed by atoms with Gasteiger partial charge in [0.05, 0.1) is 13.2 Å². The summed E-state index contributed by atoms with van der Waals surface area (Å²) in [5.74, 6) is 0. The Bertz CT molecular complexity index is 318. The Morgan fingerprint density at radius 1 is 1.35 bits per heavy atom. The highest BCUT2D eigenvalue weighted by Crippen LogP contribution is 2.01. The lowest BCUT2D eigenvalue weighted by atomic mass is 10.4. The van der Waals surface area contributed by atoms with E-state index in [1.54, 1.807) is 0 Å². The Kier molecular flexibility index (Phi) is 5.04. The molecule has 1 N–H and O–H groups in total. The highest BCUT2D eigenvalue weighted by atomic mass is 16.5. The summed E-state index contributed by atoms with van der Waals surface area (Å²) in [7, 11) is 0. The molecule has 0 bridgehead atoms. The first-order chi connectivity index (χ1) is 8.40. The summed E-state index contributed by atoms with van der Waals surface area (Å²) < 4.78 is 7.61. The van der Waals surface area contributed by atoms with Gasteiger partial charge in [0.15, 0.2) is 0 Å². The van der Waals surface area contributed by atoms with Gasteiger partial charge in [0.25, 0.3) is 0 Å². The second-order valence-electron chi connectivity index (χ2n) is 4.42. The molecule has 1 saturated heterocycles. The Hall–Kier alpha value is -0.840. The SMILES string of the molecule is CCn1cccc1CNCCN1CCOCC1. The second-order valence-corrected chi connectivity index (χ2v) is 4.42. The molecule has 0 unspecified atom stereocenters. The fraction of sp³-hybridized carbons (Fsp3) is 0.692. The van der Waals surface area contributed by atoms with Crippen LogP contribution in [0.15, 0.2) is 18.3 Å². The molecule has 4 heteroatoms. The smallest absolute Gasteiger partial charge is 0.0594 e. The van der Waals surface area contributed by atoms with Crippen molar-refractivity contribution in [1.82, 2.24) is 14.8 Å². The number of hydrogen-bond donors (Lipinski definition) is 1. The van der Waals surface area contributed by atoms with Gasteiger partial charge in [-0.1, -0.05) is 0 Å². The molecule has 0 aliphatic carbocycles. The van der Waals surface area contributed by atoms with Gasteiger partial charge >= 0.3 is 0 Å². The van der Waals surface area contributed by atoms with E-state index in [2.05, 4.69) is 40.0 Å². The van der Waals surface area contributed by atoms with Gasteiger partial charge in [-0.15, -0.1) is 0 Å². The third-order valence-corrected chi connectivity index (χ3v) is 3.28. The van der Waals surface area contributed by atoms with Crippen LogP contribution in [-0.4, -0.2) is 48.9 Å². The molecular weight excluding hydrogens is 214 g/mol. The maximum Gasteiger partial charge on any atom is 0.0594 e. The number of hydrogen-bond acceptors (Lipinski definition) is 3. The van der Waals surface area contributed by atoms with E-state index in [1.165, 1.54) is 5.69 Å². The zero-order valence-electron chi connectivity index (χ0n) is 10.7. The van der Waals surface area contributed by atoms with E-state index in [9.17, 15) is 0 Å². The maximum atomic E-state index is 5.33. The van der Waals surface area contributed by atoms with E-state index in [-0.39, 0.29) is 0 Å². The third-order valence-electron chi connectivity index (χ3n) is 3.28. The minimum Gasteiger partial charge on any atom is -0.379 e. The number of nitrogens with one attached hydrogen (secondary N) is 1. The van der Waals surface area contributed by atoms with Crippen LogP contribution in [0.25, 0.3) is 0 Å². The average molecular weight is 237 g/mol. The first-order valence-electron chi connectivity index (χ1n) is 6.55. The van der Waals surface area contributed by atoms with Crippen LogP contribution in [0, 0.1) is 0 Å². The summed E-state index contributed by atoms with van der Waals surface area (Å²) in [6, 6.07) is 4.30. The molecule has 96 valence electrons. The van der Waals surface area contributed by atoms with Crippen LogP contribution in [0.5, 0.6) is 0 Å². The lowest BCUT2D eigenvalue weighted by Gasteiger charge is -2.26. The summed E-state index contributed by atoms with van der Waals surface area (Å²) in [6.45, 7) is 10.3. The number of morpholine rings is 1. The van der Waals surface area contributed by atoms with Crippen LogP contribution in [0.3, 0.4) is 0 Å². The summed E-state index contributed by atoms with van der Waals surface area (Å²) in [6.07, 6.45) is 2.14.